The first kappa shape index (κ1) is 14.5. The van der Waals surface area contributed by atoms with E-state index in [1.807, 2.05) is 24.3 Å². The van der Waals surface area contributed by atoms with Crippen LogP contribution in [-0.2, 0) is 4.74 Å². The number of carbonyl (C=O) groups is 1. The molecule has 0 aliphatic heterocycles. The summed E-state index contributed by atoms with van der Waals surface area (Å²) in [4.78, 5) is 17.3. The molecule has 0 saturated heterocycles. The first-order valence-corrected chi connectivity index (χ1v) is 7.45. The van der Waals surface area contributed by atoms with Crippen LogP contribution in [0.25, 0.3) is 27.8 Å². The number of aromatic nitrogens is 1. The Morgan fingerprint density at radius 1 is 0.958 bits per heavy atom. The number of allylic oxidation sites excluding steroid dienone is 1. The second-order valence-electron chi connectivity index (χ2n) is 5.52. The fraction of sp³-hybridized carbons (Fsp3) is 0.158. The standard InChI is InChI=1S/C19H15NO4/c1-22-14-8-11-6-13-17-10(4-5-20-13)7-16(24-3)19(21)18(17)12(11)9-15(14)23-2/h4-9H,1-3H3. The molecule has 1 aromatic heterocycles. The van der Waals surface area contributed by atoms with Crippen molar-refractivity contribution < 1.29 is 19.0 Å². The molecule has 5 heteroatoms. The van der Waals surface area contributed by atoms with Gasteiger partial charge in [0.25, 0.3) is 0 Å². The molecule has 0 spiro atoms. The zero-order chi connectivity index (χ0) is 16.8. The van der Waals surface area contributed by atoms with Crippen molar-refractivity contribution in [2.45, 2.75) is 0 Å². The van der Waals surface area contributed by atoms with Gasteiger partial charge in [0, 0.05) is 17.1 Å². The summed E-state index contributed by atoms with van der Waals surface area (Å²) in [6.45, 7) is 0. The van der Waals surface area contributed by atoms with Crippen LogP contribution in [0.15, 0.2) is 36.2 Å². The van der Waals surface area contributed by atoms with Crippen molar-refractivity contribution >= 4 is 33.5 Å². The molecule has 4 rings (SSSR count). The highest BCUT2D eigenvalue weighted by atomic mass is 16.5. The number of methoxy groups -OCH3 is 3. The van der Waals surface area contributed by atoms with E-state index in [1.54, 1.807) is 26.5 Å². The number of nitrogens with zero attached hydrogens (tertiary/aromatic N) is 1. The van der Waals surface area contributed by atoms with Crippen molar-refractivity contribution in [1.29, 1.82) is 0 Å². The fourth-order valence-electron chi connectivity index (χ4n) is 3.23. The lowest BCUT2D eigenvalue weighted by Gasteiger charge is -2.19. The maximum atomic E-state index is 12.9. The van der Waals surface area contributed by atoms with Crippen LogP contribution in [0, 0.1) is 0 Å². The number of pyridine rings is 1. The van der Waals surface area contributed by atoms with Gasteiger partial charge in [-0.2, -0.15) is 0 Å². The van der Waals surface area contributed by atoms with E-state index in [-0.39, 0.29) is 5.78 Å². The molecule has 0 unspecified atom stereocenters. The van der Waals surface area contributed by atoms with Gasteiger partial charge < -0.3 is 14.2 Å². The molecule has 1 aliphatic rings. The van der Waals surface area contributed by atoms with E-state index in [0.717, 1.165) is 27.2 Å². The van der Waals surface area contributed by atoms with Gasteiger partial charge in [0.05, 0.1) is 26.8 Å². The Balaban J connectivity index is 2.20. The molecule has 0 radical (unpaired) electrons. The van der Waals surface area contributed by atoms with E-state index >= 15 is 0 Å². The number of rotatable bonds is 3. The molecule has 3 aromatic rings. The minimum atomic E-state index is -0.152. The highest BCUT2D eigenvalue weighted by Gasteiger charge is 2.26. The van der Waals surface area contributed by atoms with Gasteiger partial charge in [0.15, 0.2) is 17.3 Å². The number of carbonyl (C=O) groups excluding carboxylic acids is 1. The molecular formula is C19H15NO4. The molecule has 0 amide bonds. The van der Waals surface area contributed by atoms with Crippen molar-refractivity contribution in [2.24, 2.45) is 0 Å². The Morgan fingerprint density at radius 3 is 2.42 bits per heavy atom. The zero-order valence-electron chi connectivity index (χ0n) is 13.5. The molecule has 0 saturated carbocycles. The van der Waals surface area contributed by atoms with Crippen molar-refractivity contribution in [3.8, 4) is 11.5 Å². The second kappa shape index (κ2) is 5.23. The lowest BCUT2D eigenvalue weighted by molar-refractivity contribution is 0.0959. The molecule has 0 bridgehead atoms. The van der Waals surface area contributed by atoms with Crippen LogP contribution in [0.4, 0.5) is 0 Å². The SMILES string of the molecule is COC1=Cc2ccnc3cc4cc(OC)c(OC)cc4c(c23)C1=O. The van der Waals surface area contributed by atoms with Crippen LogP contribution in [0.3, 0.4) is 0 Å². The quantitative estimate of drug-likeness (QED) is 0.690. The molecular weight excluding hydrogens is 306 g/mol. The maximum Gasteiger partial charge on any atom is 0.228 e. The van der Waals surface area contributed by atoms with Gasteiger partial charge in [0.1, 0.15) is 0 Å². The third-order valence-corrected chi connectivity index (χ3v) is 4.34. The Hall–Kier alpha value is -3.08. The zero-order valence-corrected chi connectivity index (χ0v) is 13.5. The highest BCUT2D eigenvalue weighted by Crippen LogP contribution is 2.40. The molecule has 120 valence electrons. The molecule has 2 aromatic carbocycles. The van der Waals surface area contributed by atoms with E-state index in [2.05, 4.69) is 4.98 Å². The van der Waals surface area contributed by atoms with Crippen LogP contribution in [0.1, 0.15) is 15.9 Å². The molecule has 1 heterocycles. The Kier molecular flexibility index (Phi) is 3.16. The summed E-state index contributed by atoms with van der Waals surface area (Å²) in [5.41, 5.74) is 2.27. The third kappa shape index (κ3) is 1.88. The molecule has 1 aliphatic carbocycles. The number of benzene rings is 2. The van der Waals surface area contributed by atoms with Crippen LogP contribution >= 0.6 is 0 Å². The first-order valence-electron chi connectivity index (χ1n) is 7.45. The number of ether oxygens (including phenoxy) is 3. The Labute approximate surface area is 138 Å². The van der Waals surface area contributed by atoms with Gasteiger partial charge >= 0.3 is 0 Å². The topological polar surface area (TPSA) is 57.6 Å². The van der Waals surface area contributed by atoms with E-state index in [9.17, 15) is 4.79 Å². The van der Waals surface area contributed by atoms with Gasteiger partial charge in [-0.3, -0.25) is 9.78 Å². The largest absolute Gasteiger partial charge is 0.493 e. The van der Waals surface area contributed by atoms with Gasteiger partial charge in [0.2, 0.25) is 5.78 Å². The van der Waals surface area contributed by atoms with E-state index in [4.69, 9.17) is 14.2 Å². The number of fused-ring (bicyclic) bond motifs is 2. The number of hydrogen-bond acceptors (Lipinski definition) is 5. The lowest BCUT2D eigenvalue weighted by atomic mass is 9.89. The minimum Gasteiger partial charge on any atom is -0.493 e. The molecule has 0 fully saturated rings. The van der Waals surface area contributed by atoms with Crippen molar-refractivity contribution in [1.82, 2.24) is 4.98 Å². The predicted molar refractivity (Wildman–Crippen MR) is 91.7 cm³/mol. The van der Waals surface area contributed by atoms with Crippen molar-refractivity contribution in [3.05, 3.63) is 47.3 Å². The number of ketones is 1. The normalized spacial score (nSPS) is 13.1. The molecule has 0 N–H and O–H groups in total. The van der Waals surface area contributed by atoms with Gasteiger partial charge in [-0.1, -0.05) is 0 Å². The summed E-state index contributed by atoms with van der Waals surface area (Å²) in [5, 5.41) is 2.50. The summed E-state index contributed by atoms with van der Waals surface area (Å²) < 4.78 is 16.0. The van der Waals surface area contributed by atoms with Gasteiger partial charge in [-0.25, -0.2) is 0 Å². The maximum absolute atomic E-state index is 12.9. The first-order chi connectivity index (χ1) is 11.7. The highest BCUT2D eigenvalue weighted by molar-refractivity contribution is 6.28. The summed E-state index contributed by atoms with van der Waals surface area (Å²) in [7, 11) is 4.66. The molecule has 5 nitrogen and oxygen atoms in total. The lowest BCUT2D eigenvalue weighted by Crippen LogP contribution is -2.11. The average Bonchev–Trinajstić information content (AvgIpc) is 2.62. The van der Waals surface area contributed by atoms with Crippen molar-refractivity contribution in [2.75, 3.05) is 21.3 Å². The van der Waals surface area contributed by atoms with E-state index < -0.39 is 0 Å². The average molecular weight is 321 g/mol. The third-order valence-electron chi connectivity index (χ3n) is 4.34. The monoisotopic (exact) mass is 321 g/mol. The minimum absolute atomic E-state index is 0.152. The van der Waals surface area contributed by atoms with Gasteiger partial charge in [-0.05, 0) is 46.7 Å². The summed E-state index contributed by atoms with van der Waals surface area (Å²) in [6, 6.07) is 7.52. The van der Waals surface area contributed by atoms with Crippen LogP contribution in [0.5, 0.6) is 11.5 Å². The Bertz CT molecular complexity index is 1040. The van der Waals surface area contributed by atoms with Crippen LogP contribution in [-0.4, -0.2) is 32.1 Å². The fourth-order valence-corrected chi connectivity index (χ4v) is 3.23. The van der Waals surface area contributed by atoms with Crippen LogP contribution < -0.4 is 9.47 Å². The van der Waals surface area contributed by atoms with Crippen molar-refractivity contribution in [3.63, 3.8) is 0 Å². The predicted octanol–water partition coefficient (Wildman–Crippen LogP) is 3.59. The Morgan fingerprint density at radius 2 is 1.71 bits per heavy atom. The summed E-state index contributed by atoms with van der Waals surface area (Å²) >= 11 is 0. The molecule has 0 atom stereocenters. The number of hydrogen-bond donors (Lipinski definition) is 0. The van der Waals surface area contributed by atoms with E-state index in [1.165, 1.54) is 7.11 Å². The van der Waals surface area contributed by atoms with Gasteiger partial charge in [-0.15, -0.1) is 0 Å². The second-order valence-corrected chi connectivity index (χ2v) is 5.52. The molecule has 24 heavy (non-hydrogen) atoms. The van der Waals surface area contributed by atoms with Crippen LogP contribution in [0.2, 0.25) is 0 Å². The summed E-state index contributed by atoms with van der Waals surface area (Å²) in [5.74, 6) is 1.35. The summed E-state index contributed by atoms with van der Waals surface area (Å²) in [6.07, 6.45) is 3.49. The van der Waals surface area contributed by atoms with E-state index in [0.29, 0.717) is 22.8 Å². The smallest absolute Gasteiger partial charge is 0.228 e. The number of Topliss-reactive ketones (excluding diaryl/α,β-unsaturated/α-hetero) is 1.